The molecule has 0 aromatic heterocycles. The predicted molar refractivity (Wildman–Crippen MR) is 85.1 cm³/mol. The molecule has 0 radical (unpaired) electrons. The van der Waals surface area contributed by atoms with E-state index in [9.17, 15) is 19.7 Å². The largest absolute Gasteiger partial charge is 0.453 e. The molecule has 0 aliphatic rings. The topological polar surface area (TPSA) is 102 Å². The van der Waals surface area contributed by atoms with Crippen molar-refractivity contribution in [2.75, 3.05) is 26.0 Å². The summed E-state index contributed by atoms with van der Waals surface area (Å²) < 4.78 is 5.02. The maximum atomic E-state index is 11.6. The summed E-state index contributed by atoms with van der Waals surface area (Å²) in [5.74, 6) is -0.756. The number of esters is 1. The van der Waals surface area contributed by atoms with Gasteiger partial charge in [-0.3, -0.25) is 19.7 Å². The van der Waals surface area contributed by atoms with Crippen molar-refractivity contribution < 1.29 is 19.2 Å². The maximum absolute atomic E-state index is 11.6. The van der Waals surface area contributed by atoms with Crippen LogP contribution in [0.2, 0.25) is 0 Å². The molecule has 0 spiro atoms. The average molecular weight is 323 g/mol. The lowest BCUT2D eigenvalue weighted by Crippen LogP contribution is -2.34. The number of ether oxygens (including phenoxy) is 1. The van der Waals surface area contributed by atoms with Gasteiger partial charge in [0.1, 0.15) is 5.69 Å². The Hall–Kier alpha value is -2.64. The third-order valence-corrected chi connectivity index (χ3v) is 3.07. The highest BCUT2D eigenvalue weighted by Gasteiger charge is 2.19. The summed E-state index contributed by atoms with van der Waals surface area (Å²) in [5.41, 5.74) is 0.391. The molecule has 0 saturated heterocycles. The van der Waals surface area contributed by atoms with E-state index in [1.54, 1.807) is 32.3 Å². The van der Waals surface area contributed by atoms with Crippen LogP contribution in [0.5, 0.6) is 0 Å². The van der Waals surface area contributed by atoms with Gasteiger partial charge in [-0.15, -0.1) is 0 Å². The smallest absolute Gasteiger partial charge is 0.306 e. The van der Waals surface area contributed by atoms with Gasteiger partial charge < -0.3 is 15.0 Å². The Morgan fingerprint density at radius 2 is 2.00 bits per heavy atom. The molecule has 0 heterocycles. The molecule has 1 amide bonds. The lowest BCUT2D eigenvalue weighted by atomic mass is 10.2. The minimum atomic E-state index is -0.819. The molecule has 1 rings (SSSR count). The van der Waals surface area contributed by atoms with Crippen LogP contribution in [0.4, 0.5) is 11.4 Å². The third-order valence-electron chi connectivity index (χ3n) is 3.07. The summed E-state index contributed by atoms with van der Waals surface area (Å²) in [6.45, 7) is 1.90. The number of likely N-dealkylation sites (N-methyl/N-ethyl adjacent to an activating group) is 1. The van der Waals surface area contributed by atoms with Crippen LogP contribution in [0.25, 0.3) is 0 Å². The van der Waals surface area contributed by atoms with Crippen LogP contribution in [-0.4, -0.2) is 48.4 Å². The summed E-state index contributed by atoms with van der Waals surface area (Å²) in [6.07, 6.45) is -0.257. The highest BCUT2D eigenvalue weighted by molar-refractivity contribution is 5.83. The van der Waals surface area contributed by atoms with Crippen molar-refractivity contribution in [2.45, 2.75) is 25.9 Å². The monoisotopic (exact) mass is 323 g/mol. The fourth-order valence-corrected chi connectivity index (χ4v) is 1.91. The van der Waals surface area contributed by atoms with Gasteiger partial charge in [-0.1, -0.05) is 12.1 Å². The Balaban J connectivity index is 2.37. The standard InChI is InChI=1S/C15H21N3O5/c1-11(15(20)17(2)3)23-14(19)9-6-10-16-12-7-4-5-8-13(12)18(21)22/h4-5,7-8,11,16H,6,9-10H2,1-3H3/t11-/m1/s1. The zero-order chi connectivity index (χ0) is 17.4. The molecule has 0 aliphatic heterocycles. The lowest BCUT2D eigenvalue weighted by Gasteiger charge is -2.17. The van der Waals surface area contributed by atoms with Crippen LogP contribution in [0.15, 0.2) is 24.3 Å². The van der Waals surface area contributed by atoms with Gasteiger partial charge in [0, 0.05) is 33.1 Å². The number of nitrogens with zero attached hydrogens (tertiary/aromatic N) is 2. The molecular formula is C15H21N3O5. The highest BCUT2D eigenvalue weighted by atomic mass is 16.6. The second kappa shape index (κ2) is 8.72. The number of carbonyl (C=O) groups excluding carboxylic acids is 2. The Labute approximate surface area is 134 Å². The average Bonchev–Trinajstić information content (AvgIpc) is 2.50. The van der Waals surface area contributed by atoms with Gasteiger partial charge >= 0.3 is 5.97 Å². The van der Waals surface area contributed by atoms with Crippen LogP contribution < -0.4 is 5.32 Å². The van der Waals surface area contributed by atoms with Crippen molar-refractivity contribution in [3.8, 4) is 0 Å². The molecule has 1 atom stereocenters. The third kappa shape index (κ3) is 5.93. The SMILES string of the molecule is C[C@@H](OC(=O)CCCNc1ccccc1[N+](=O)[O-])C(=O)N(C)C. The van der Waals surface area contributed by atoms with E-state index in [1.165, 1.54) is 17.9 Å². The number of benzene rings is 1. The number of para-hydroxylation sites is 2. The van der Waals surface area contributed by atoms with Crippen molar-refractivity contribution in [2.24, 2.45) is 0 Å². The number of rotatable bonds is 8. The highest BCUT2D eigenvalue weighted by Crippen LogP contribution is 2.22. The quantitative estimate of drug-likeness (QED) is 0.339. The zero-order valence-corrected chi connectivity index (χ0v) is 13.4. The number of amides is 1. The van der Waals surface area contributed by atoms with Gasteiger partial charge in [0.15, 0.2) is 6.10 Å². The molecular weight excluding hydrogens is 302 g/mol. The van der Waals surface area contributed by atoms with E-state index in [4.69, 9.17) is 4.74 Å². The molecule has 0 saturated carbocycles. The van der Waals surface area contributed by atoms with E-state index >= 15 is 0 Å². The van der Waals surface area contributed by atoms with Gasteiger partial charge in [-0.05, 0) is 19.4 Å². The second-order valence-corrected chi connectivity index (χ2v) is 5.17. The molecule has 1 aromatic rings. The fraction of sp³-hybridized carbons (Fsp3) is 0.467. The molecule has 0 fully saturated rings. The maximum Gasteiger partial charge on any atom is 0.306 e. The molecule has 8 nitrogen and oxygen atoms in total. The first kappa shape index (κ1) is 18.4. The van der Waals surface area contributed by atoms with Gasteiger partial charge in [-0.25, -0.2) is 0 Å². The van der Waals surface area contributed by atoms with E-state index < -0.39 is 17.0 Å². The Morgan fingerprint density at radius 1 is 1.35 bits per heavy atom. The first-order chi connectivity index (χ1) is 10.8. The number of anilines is 1. The Morgan fingerprint density at radius 3 is 2.61 bits per heavy atom. The molecule has 8 heteroatoms. The number of hydrogen-bond acceptors (Lipinski definition) is 6. The summed E-state index contributed by atoms with van der Waals surface area (Å²) in [4.78, 5) is 35.0. The summed E-state index contributed by atoms with van der Waals surface area (Å²) in [7, 11) is 3.17. The Bertz CT molecular complexity index is 574. The van der Waals surface area contributed by atoms with Crippen molar-refractivity contribution in [3.05, 3.63) is 34.4 Å². The zero-order valence-electron chi connectivity index (χ0n) is 13.4. The van der Waals surface area contributed by atoms with Crippen molar-refractivity contribution in [1.82, 2.24) is 4.90 Å². The van der Waals surface area contributed by atoms with Crippen molar-refractivity contribution >= 4 is 23.3 Å². The van der Waals surface area contributed by atoms with Gasteiger partial charge in [-0.2, -0.15) is 0 Å². The first-order valence-corrected chi connectivity index (χ1v) is 7.21. The normalized spacial score (nSPS) is 11.4. The molecule has 0 unspecified atom stereocenters. The molecule has 0 aliphatic carbocycles. The number of nitro groups is 1. The number of carbonyl (C=O) groups is 2. The van der Waals surface area contributed by atoms with E-state index in [1.807, 2.05) is 0 Å². The molecule has 1 N–H and O–H groups in total. The second-order valence-electron chi connectivity index (χ2n) is 5.17. The van der Waals surface area contributed by atoms with Gasteiger partial charge in [0.2, 0.25) is 0 Å². The van der Waals surface area contributed by atoms with Crippen LogP contribution in [0.3, 0.4) is 0 Å². The minimum absolute atomic E-state index is 0.0136. The summed E-state index contributed by atoms with van der Waals surface area (Å²) in [5, 5.41) is 13.8. The van der Waals surface area contributed by atoms with Crippen molar-refractivity contribution in [1.29, 1.82) is 0 Å². The van der Waals surface area contributed by atoms with Crippen LogP contribution in [0.1, 0.15) is 19.8 Å². The lowest BCUT2D eigenvalue weighted by molar-refractivity contribution is -0.384. The van der Waals surface area contributed by atoms with E-state index in [0.29, 0.717) is 18.7 Å². The van der Waals surface area contributed by atoms with Crippen LogP contribution in [0, 0.1) is 10.1 Å². The fourth-order valence-electron chi connectivity index (χ4n) is 1.91. The van der Waals surface area contributed by atoms with Crippen molar-refractivity contribution in [3.63, 3.8) is 0 Å². The molecule has 0 bridgehead atoms. The first-order valence-electron chi connectivity index (χ1n) is 7.21. The Kier molecular flexibility index (Phi) is 6.98. The summed E-state index contributed by atoms with van der Waals surface area (Å²) in [6, 6.07) is 6.29. The predicted octanol–water partition coefficient (Wildman–Crippen LogP) is 1.81. The van der Waals surface area contributed by atoms with Gasteiger partial charge in [0.05, 0.1) is 4.92 Å². The number of nitro benzene ring substituents is 1. The number of hydrogen-bond donors (Lipinski definition) is 1. The molecule has 126 valence electrons. The molecule has 1 aromatic carbocycles. The van der Waals surface area contributed by atoms with Crippen LogP contribution >= 0.6 is 0 Å². The van der Waals surface area contributed by atoms with E-state index in [0.717, 1.165) is 0 Å². The van der Waals surface area contributed by atoms with E-state index in [-0.39, 0.29) is 18.0 Å². The minimum Gasteiger partial charge on any atom is -0.453 e. The number of nitrogens with one attached hydrogen (secondary N) is 1. The molecule has 23 heavy (non-hydrogen) atoms. The van der Waals surface area contributed by atoms with Gasteiger partial charge in [0.25, 0.3) is 11.6 Å². The van der Waals surface area contributed by atoms with E-state index in [2.05, 4.69) is 5.32 Å². The van der Waals surface area contributed by atoms with Crippen LogP contribution in [-0.2, 0) is 14.3 Å². The summed E-state index contributed by atoms with van der Waals surface area (Å²) >= 11 is 0.